The van der Waals surface area contributed by atoms with E-state index >= 15 is 0 Å². The molecule has 3 aliphatic heterocycles. The first-order valence-corrected chi connectivity index (χ1v) is 14.1. The molecule has 40 heavy (non-hydrogen) atoms. The van der Waals surface area contributed by atoms with Gasteiger partial charge < -0.3 is 29.4 Å². The summed E-state index contributed by atoms with van der Waals surface area (Å²) in [6.07, 6.45) is 3.16. The molecule has 2 aromatic carbocycles. The van der Waals surface area contributed by atoms with Crippen LogP contribution in [0.1, 0.15) is 17.7 Å². The zero-order valence-electron chi connectivity index (χ0n) is 22.8. The van der Waals surface area contributed by atoms with Crippen molar-refractivity contribution in [2.45, 2.75) is 25.2 Å². The number of carbonyl (C=O) groups is 1. The zero-order valence-corrected chi connectivity index (χ0v) is 22.8. The molecule has 2 saturated heterocycles. The summed E-state index contributed by atoms with van der Waals surface area (Å²) < 4.78 is 6.14. The molecular formula is C30H35BN6O3. The Labute approximate surface area is 236 Å². The number of amides is 1. The number of phenols is 1. The summed E-state index contributed by atoms with van der Waals surface area (Å²) in [5.74, 6) is 1.34. The summed E-state index contributed by atoms with van der Waals surface area (Å²) in [6.45, 7) is 10.8. The molecular weight excluding hydrogens is 503 g/mol. The maximum atomic E-state index is 12.1. The molecule has 0 spiro atoms. The Morgan fingerprint density at radius 3 is 2.70 bits per heavy atom. The third-order valence-corrected chi connectivity index (χ3v) is 8.20. The lowest BCUT2D eigenvalue weighted by Gasteiger charge is -2.38. The molecule has 206 valence electrons. The number of aromatic hydroxyl groups is 1. The molecule has 1 aromatic heterocycles. The minimum atomic E-state index is -0.0380. The monoisotopic (exact) mass is 538 g/mol. The van der Waals surface area contributed by atoms with Crippen LogP contribution < -0.4 is 14.5 Å². The van der Waals surface area contributed by atoms with Crippen LogP contribution in [0.4, 0.5) is 11.5 Å². The van der Waals surface area contributed by atoms with Gasteiger partial charge in [0, 0.05) is 62.0 Å². The van der Waals surface area contributed by atoms with Gasteiger partial charge in [-0.2, -0.15) is 9.97 Å². The fraction of sp³-hybridized carbons (Fsp3) is 0.433. The van der Waals surface area contributed by atoms with Crippen molar-refractivity contribution in [3.05, 3.63) is 60.3 Å². The van der Waals surface area contributed by atoms with E-state index in [1.54, 1.807) is 6.07 Å². The maximum Gasteiger partial charge on any atom is 0.318 e. The molecule has 1 N–H and O–H groups in total. The number of benzene rings is 2. The topological polar surface area (TPSA) is 85.3 Å². The molecule has 0 saturated carbocycles. The van der Waals surface area contributed by atoms with Gasteiger partial charge in [-0.15, -0.1) is 0 Å². The number of fused-ring (bicyclic) bond motifs is 2. The molecule has 10 heteroatoms. The summed E-state index contributed by atoms with van der Waals surface area (Å²) in [5.41, 5.74) is 3.05. The third-order valence-electron chi connectivity index (χ3n) is 8.20. The smallest absolute Gasteiger partial charge is 0.318 e. The van der Waals surface area contributed by atoms with E-state index in [4.69, 9.17) is 22.6 Å². The highest BCUT2D eigenvalue weighted by molar-refractivity contribution is 6.12. The van der Waals surface area contributed by atoms with Gasteiger partial charge in [-0.25, -0.2) is 0 Å². The van der Waals surface area contributed by atoms with Crippen molar-refractivity contribution < 1.29 is 14.6 Å². The van der Waals surface area contributed by atoms with Gasteiger partial charge in [-0.05, 0) is 43.5 Å². The van der Waals surface area contributed by atoms with E-state index in [1.165, 1.54) is 6.08 Å². The highest BCUT2D eigenvalue weighted by Crippen LogP contribution is 2.36. The molecule has 1 unspecified atom stereocenters. The largest absolute Gasteiger partial charge is 0.508 e. The lowest BCUT2D eigenvalue weighted by atomic mass is 9.87. The van der Waals surface area contributed by atoms with Crippen LogP contribution in [0.5, 0.6) is 11.8 Å². The van der Waals surface area contributed by atoms with Crippen molar-refractivity contribution in [2.75, 3.05) is 68.8 Å². The number of carbonyl (C=O) groups excluding carboxylic acids is 1. The van der Waals surface area contributed by atoms with Gasteiger partial charge in [0.25, 0.3) is 0 Å². The number of hydrogen-bond donors (Lipinski definition) is 1. The number of aromatic nitrogens is 2. The predicted molar refractivity (Wildman–Crippen MR) is 157 cm³/mol. The Bertz CT molecular complexity index is 1410. The van der Waals surface area contributed by atoms with Crippen molar-refractivity contribution in [1.29, 1.82) is 0 Å². The van der Waals surface area contributed by atoms with Gasteiger partial charge >= 0.3 is 6.01 Å². The molecule has 3 aromatic rings. The first-order valence-electron chi connectivity index (χ1n) is 14.1. The normalized spacial score (nSPS) is 19.6. The highest BCUT2D eigenvalue weighted by atomic mass is 16.5. The van der Waals surface area contributed by atoms with Crippen molar-refractivity contribution in [3.8, 4) is 11.8 Å². The molecule has 3 aliphatic rings. The van der Waals surface area contributed by atoms with E-state index in [0.29, 0.717) is 45.3 Å². The van der Waals surface area contributed by atoms with E-state index in [1.807, 2.05) is 29.2 Å². The number of anilines is 2. The molecule has 1 amide bonds. The molecule has 6 rings (SSSR count). The second kappa shape index (κ2) is 11.4. The quantitative estimate of drug-likeness (QED) is 0.363. The maximum absolute atomic E-state index is 12.1. The minimum Gasteiger partial charge on any atom is -0.508 e. The summed E-state index contributed by atoms with van der Waals surface area (Å²) >= 11 is 0. The summed E-state index contributed by atoms with van der Waals surface area (Å²) in [6, 6.07) is 12.1. The Morgan fingerprint density at radius 2 is 1.93 bits per heavy atom. The first-order chi connectivity index (χ1) is 19.5. The van der Waals surface area contributed by atoms with Gasteiger partial charge in [0.15, 0.2) is 0 Å². The molecule has 9 nitrogen and oxygen atoms in total. The van der Waals surface area contributed by atoms with E-state index in [0.717, 1.165) is 72.6 Å². The number of phenolic OH excluding ortho intramolecular Hbond substituents is 1. The van der Waals surface area contributed by atoms with Gasteiger partial charge in [0.2, 0.25) is 5.91 Å². The highest BCUT2D eigenvalue weighted by Gasteiger charge is 2.29. The van der Waals surface area contributed by atoms with Crippen molar-refractivity contribution in [2.24, 2.45) is 0 Å². The van der Waals surface area contributed by atoms with Crippen LogP contribution in [-0.2, 0) is 17.8 Å². The van der Waals surface area contributed by atoms with Gasteiger partial charge in [0.05, 0.1) is 20.1 Å². The average molecular weight is 538 g/mol. The van der Waals surface area contributed by atoms with E-state index in [2.05, 4.69) is 27.3 Å². The molecule has 2 radical (unpaired) electrons. The van der Waals surface area contributed by atoms with Crippen LogP contribution in [0, 0.1) is 0 Å². The fourth-order valence-corrected chi connectivity index (χ4v) is 6.06. The number of ether oxygens (including phenoxy) is 1. The molecule has 2 fully saturated rings. The zero-order chi connectivity index (χ0) is 27.6. The van der Waals surface area contributed by atoms with Crippen LogP contribution in [0.25, 0.3) is 10.8 Å². The van der Waals surface area contributed by atoms with Crippen LogP contribution in [0.3, 0.4) is 0 Å². The minimum absolute atomic E-state index is 0.0380. The number of nitrogens with zero attached hydrogens (tertiary/aromatic N) is 6. The second-order valence-electron chi connectivity index (χ2n) is 10.8. The van der Waals surface area contributed by atoms with Gasteiger partial charge in [0.1, 0.15) is 18.2 Å². The fourth-order valence-electron chi connectivity index (χ4n) is 6.06. The Kier molecular flexibility index (Phi) is 7.51. The van der Waals surface area contributed by atoms with Crippen LogP contribution in [0.2, 0.25) is 5.82 Å². The van der Waals surface area contributed by atoms with Crippen LogP contribution >= 0.6 is 0 Å². The molecule has 0 bridgehead atoms. The van der Waals surface area contributed by atoms with Crippen LogP contribution in [-0.4, -0.2) is 97.6 Å². The summed E-state index contributed by atoms with van der Waals surface area (Å²) in [5, 5.41) is 12.6. The molecule has 1 atom stereocenters. The van der Waals surface area contributed by atoms with E-state index in [-0.39, 0.29) is 17.5 Å². The molecule has 0 aliphatic carbocycles. The van der Waals surface area contributed by atoms with Crippen LogP contribution in [0.15, 0.2) is 49.1 Å². The number of hydrogen-bond acceptors (Lipinski definition) is 8. The number of likely N-dealkylation sites (tertiary alicyclic amines) is 1. The summed E-state index contributed by atoms with van der Waals surface area (Å²) in [7, 11) is 6.07. The van der Waals surface area contributed by atoms with E-state index < -0.39 is 0 Å². The third kappa shape index (κ3) is 5.45. The van der Waals surface area contributed by atoms with Crippen molar-refractivity contribution in [3.63, 3.8) is 0 Å². The van der Waals surface area contributed by atoms with E-state index in [9.17, 15) is 9.90 Å². The van der Waals surface area contributed by atoms with Crippen molar-refractivity contribution >= 4 is 36.0 Å². The predicted octanol–water partition coefficient (Wildman–Crippen LogP) is 2.77. The Morgan fingerprint density at radius 1 is 1.10 bits per heavy atom. The van der Waals surface area contributed by atoms with Crippen molar-refractivity contribution in [1.82, 2.24) is 19.8 Å². The standard InChI is InChI=1S/C30H35BN6O3/c1-2-28(39)35-11-13-36(14-12-35)29-25-8-10-37(27-18-23(38)17-21-5-3-4-6-24(21)27)20-26(25)32-30(33-29)40-16-15-34-9-7-22(31)19-34/h2-6,17-18,22,38H,1,7-16,19-20H2. The summed E-state index contributed by atoms with van der Waals surface area (Å²) in [4.78, 5) is 30.6. The Balaban J connectivity index is 1.27. The van der Waals surface area contributed by atoms with Gasteiger partial charge in [-0.1, -0.05) is 36.7 Å². The number of piperazine rings is 1. The Hall–Kier alpha value is -3.79. The lowest BCUT2D eigenvalue weighted by Crippen LogP contribution is -2.49. The first kappa shape index (κ1) is 26.4. The lowest BCUT2D eigenvalue weighted by molar-refractivity contribution is -0.126. The SMILES string of the molecule is [B]C1CCN(CCOc2nc3c(c(N4CCN(C(=O)C=C)CC4)n2)CCN(c2cc(O)cc4ccccc24)C3)C1. The van der Waals surface area contributed by atoms with Gasteiger partial charge in [-0.3, -0.25) is 4.79 Å². The second-order valence-corrected chi connectivity index (χ2v) is 10.8. The average Bonchev–Trinajstić information content (AvgIpc) is 3.40. The number of rotatable bonds is 7. The molecule has 4 heterocycles.